The summed E-state index contributed by atoms with van der Waals surface area (Å²) in [6.07, 6.45) is 1.24. The molecular weight excluding hydrogens is 334 g/mol. The number of hydrogen-bond acceptors (Lipinski definition) is 3. The van der Waals surface area contributed by atoms with E-state index in [-0.39, 0.29) is 11.4 Å². The number of rotatable bonds is 4. The second-order valence-electron chi connectivity index (χ2n) is 5.92. The Labute approximate surface area is 141 Å². The van der Waals surface area contributed by atoms with Crippen LogP contribution in [0.5, 0.6) is 0 Å². The monoisotopic (exact) mass is 351 g/mol. The van der Waals surface area contributed by atoms with Crippen molar-refractivity contribution in [2.24, 2.45) is 0 Å². The first-order valence-electron chi connectivity index (χ1n) is 7.38. The van der Waals surface area contributed by atoms with E-state index in [9.17, 15) is 13.5 Å². The van der Waals surface area contributed by atoms with Crippen LogP contribution in [0, 0.1) is 6.92 Å². The van der Waals surface area contributed by atoms with Crippen molar-refractivity contribution < 1.29 is 13.5 Å². The average molecular weight is 352 g/mol. The molecule has 2 aromatic carbocycles. The van der Waals surface area contributed by atoms with Gasteiger partial charge in [0.05, 0.1) is 4.90 Å². The molecule has 0 saturated carbocycles. The van der Waals surface area contributed by atoms with Crippen LogP contribution in [0.25, 0.3) is 0 Å². The molecule has 0 saturated heterocycles. The Hall–Kier alpha value is -1.40. The van der Waals surface area contributed by atoms with Crippen LogP contribution in [0.3, 0.4) is 0 Å². The average Bonchev–Trinajstić information content (AvgIpc) is 2.87. The molecule has 0 aliphatic heterocycles. The summed E-state index contributed by atoms with van der Waals surface area (Å²) in [7, 11) is -3.72. The number of fused-ring (bicyclic) bond motifs is 1. The third-order valence-electron chi connectivity index (χ3n) is 4.33. The molecular formula is C17H18ClNO3S. The highest BCUT2D eigenvalue weighted by atomic mass is 35.5. The Bertz CT molecular complexity index is 851. The maximum atomic E-state index is 12.4. The van der Waals surface area contributed by atoms with Gasteiger partial charge in [-0.15, -0.1) is 0 Å². The van der Waals surface area contributed by atoms with E-state index >= 15 is 0 Å². The van der Waals surface area contributed by atoms with E-state index in [0.717, 1.165) is 23.1 Å². The van der Waals surface area contributed by atoms with E-state index in [0.29, 0.717) is 11.4 Å². The molecule has 0 spiro atoms. The first-order valence-corrected chi connectivity index (χ1v) is 9.24. The number of aryl methyl sites for hydroxylation is 2. The Morgan fingerprint density at radius 1 is 1.26 bits per heavy atom. The third-order valence-corrected chi connectivity index (χ3v) is 6.14. The molecule has 4 nitrogen and oxygen atoms in total. The molecule has 3 rings (SSSR count). The lowest BCUT2D eigenvalue weighted by molar-refractivity contribution is 0.0442. The fourth-order valence-electron chi connectivity index (χ4n) is 2.89. The minimum atomic E-state index is -3.72. The Morgan fingerprint density at radius 3 is 2.74 bits per heavy atom. The second kappa shape index (κ2) is 5.91. The molecule has 0 fully saturated rings. The van der Waals surface area contributed by atoms with Crippen LogP contribution >= 0.6 is 11.6 Å². The fraction of sp³-hybridized carbons (Fsp3) is 0.294. The fourth-order valence-corrected chi connectivity index (χ4v) is 4.25. The summed E-state index contributed by atoms with van der Waals surface area (Å²) >= 11 is 6.00. The van der Waals surface area contributed by atoms with Crippen molar-refractivity contribution in [3.63, 3.8) is 0 Å². The van der Waals surface area contributed by atoms with Crippen molar-refractivity contribution in [1.29, 1.82) is 0 Å². The van der Waals surface area contributed by atoms with E-state index in [4.69, 9.17) is 11.6 Å². The number of hydrogen-bond donors (Lipinski definition) is 2. The Kier molecular flexibility index (Phi) is 4.23. The minimum absolute atomic E-state index is 0.0577. The first kappa shape index (κ1) is 16.5. The van der Waals surface area contributed by atoms with Gasteiger partial charge in [-0.1, -0.05) is 41.9 Å². The van der Waals surface area contributed by atoms with E-state index in [1.807, 2.05) is 31.2 Å². The predicted molar refractivity (Wildman–Crippen MR) is 90.0 cm³/mol. The summed E-state index contributed by atoms with van der Waals surface area (Å²) in [5, 5.41) is 11.2. The molecule has 1 aliphatic rings. The van der Waals surface area contributed by atoms with Crippen LogP contribution in [-0.4, -0.2) is 20.1 Å². The van der Waals surface area contributed by atoms with E-state index in [1.54, 1.807) is 6.07 Å². The molecule has 0 bridgehead atoms. The topological polar surface area (TPSA) is 66.4 Å². The van der Waals surface area contributed by atoms with Crippen molar-refractivity contribution in [1.82, 2.24) is 4.72 Å². The van der Waals surface area contributed by atoms with Gasteiger partial charge in [0.25, 0.3) is 0 Å². The largest absolute Gasteiger partial charge is 0.384 e. The number of nitrogens with one attached hydrogen (secondary N) is 1. The van der Waals surface area contributed by atoms with Crippen molar-refractivity contribution in [3.05, 3.63) is 64.2 Å². The maximum Gasteiger partial charge on any atom is 0.240 e. The third kappa shape index (κ3) is 3.15. The standard InChI is InChI=1S/C17H18ClNO3S/c1-12-6-7-14(10-16(12)18)23(21,22)19-11-17(20)9-8-13-4-2-3-5-15(13)17/h2-7,10,19-20H,8-9,11H2,1H3. The number of sulfonamides is 1. The lowest BCUT2D eigenvalue weighted by Gasteiger charge is -2.24. The number of aliphatic hydroxyl groups is 1. The molecule has 0 aromatic heterocycles. The van der Waals surface area contributed by atoms with E-state index in [2.05, 4.69) is 4.72 Å². The van der Waals surface area contributed by atoms with Crippen molar-refractivity contribution in [3.8, 4) is 0 Å². The van der Waals surface area contributed by atoms with Gasteiger partial charge in [-0.3, -0.25) is 0 Å². The molecule has 23 heavy (non-hydrogen) atoms. The minimum Gasteiger partial charge on any atom is -0.384 e. The summed E-state index contributed by atoms with van der Waals surface area (Å²) in [6, 6.07) is 12.2. The predicted octanol–water partition coefficient (Wildman–Crippen LogP) is 2.76. The summed E-state index contributed by atoms with van der Waals surface area (Å²) in [4.78, 5) is 0.1000. The van der Waals surface area contributed by atoms with E-state index in [1.165, 1.54) is 12.1 Å². The van der Waals surface area contributed by atoms with Gasteiger partial charge < -0.3 is 5.11 Å². The van der Waals surface area contributed by atoms with Crippen LogP contribution in [0.2, 0.25) is 5.02 Å². The molecule has 2 aromatic rings. The molecule has 6 heteroatoms. The van der Waals surface area contributed by atoms with Crippen LogP contribution in [0.15, 0.2) is 47.4 Å². The highest BCUT2D eigenvalue weighted by Gasteiger charge is 2.37. The lowest BCUT2D eigenvalue weighted by Crippen LogP contribution is -2.39. The van der Waals surface area contributed by atoms with Gasteiger partial charge in [0.2, 0.25) is 10.0 Å². The SMILES string of the molecule is Cc1ccc(S(=O)(=O)NCC2(O)CCc3ccccc32)cc1Cl. The zero-order chi connectivity index (χ0) is 16.7. The molecule has 2 N–H and O–H groups in total. The highest BCUT2D eigenvalue weighted by molar-refractivity contribution is 7.89. The van der Waals surface area contributed by atoms with Gasteiger partial charge in [0, 0.05) is 11.6 Å². The molecule has 1 unspecified atom stereocenters. The van der Waals surface area contributed by atoms with Gasteiger partial charge in [-0.25, -0.2) is 13.1 Å². The quantitative estimate of drug-likeness (QED) is 0.890. The number of halogens is 1. The molecule has 1 aliphatic carbocycles. The Balaban J connectivity index is 1.81. The smallest absolute Gasteiger partial charge is 0.240 e. The van der Waals surface area contributed by atoms with Crippen LogP contribution < -0.4 is 4.72 Å². The van der Waals surface area contributed by atoms with Crippen LogP contribution in [0.4, 0.5) is 0 Å². The first-order chi connectivity index (χ1) is 10.8. The normalized spacial score (nSPS) is 20.5. The van der Waals surface area contributed by atoms with Gasteiger partial charge in [-0.05, 0) is 48.6 Å². The van der Waals surface area contributed by atoms with Crippen LogP contribution in [0.1, 0.15) is 23.1 Å². The van der Waals surface area contributed by atoms with Crippen molar-refractivity contribution in [2.75, 3.05) is 6.54 Å². The lowest BCUT2D eigenvalue weighted by atomic mass is 9.96. The zero-order valence-electron chi connectivity index (χ0n) is 12.7. The molecule has 0 heterocycles. The van der Waals surface area contributed by atoms with Gasteiger partial charge in [0.1, 0.15) is 5.60 Å². The van der Waals surface area contributed by atoms with Gasteiger partial charge in [0.15, 0.2) is 0 Å². The van der Waals surface area contributed by atoms with Gasteiger partial charge >= 0.3 is 0 Å². The zero-order valence-corrected chi connectivity index (χ0v) is 14.3. The molecule has 0 radical (unpaired) electrons. The summed E-state index contributed by atoms with van der Waals surface area (Å²) in [5.74, 6) is 0. The second-order valence-corrected chi connectivity index (χ2v) is 8.10. The maximum absolute atomic E-state index is 12.4. The van der Waals surface area contributed by atoms with Crippen LogP contribution in [-0.2, 0) is 22.0 Å². The van der Waals surface area contributed by atoms with Crippen molar-refractivity contribution in [2.45, 2.75) is 30.3 Å². The summed E-state index contributed by atoms with van der Waals surface area (Å²) < 4.78 is 27.4. The number of benzene rings is 2. The Morgan fingerprint density at radius 2 is 2.00 bits per heavy atom. The molecule has 0 amide bonds. The molecule has 122 valence electrons. The molecule has 1 atom stereocenters. The highest BCUT2D eigenvalue weighted by Crippen LogP contribution is 2.36. The summed E-state index contributed by atoms with van der Waals surface area (Å²) in [5.41, 5.74) is 1.50. The van der Waals surface area contributed by atoms with E-state index < -0.39 is 15.6 Å². The summed E-state index contributed by atoms with van der Waals surface area (Å²) in [6.45, 7) is 1.75. The van der Waals surface area contributed by atoms with Gasteiger partial charge in [-0.2, -0.15) is 0 Å². The van der Waals surface area contributed by atoms with Crippen molar-refractivity contribution >= 4 is 21.6 Å².